The maximum absolute atomic E-state index is 12.5. The lowest BCUT2D eigenvalue weighted by Gasteiger charge is -2.10. The highest BCUT2D eigenvalue weighted by molar-refractivity contribution is 5.53. The van der Waals surface area contributed by atoms with Gasteiger partial charge in [-0.1, -0.05) is 18.2 Å². The summed E-state index contributed by atoms with van der Waals surface area (Å²) in [6, 6.07) is 11.3. The van der Waals surface area contributed by atoms with E-state index in [0.29, 0.717) is 13.0 Å². The van der Waals surface area contributed by atoms with Crippen molar-refractivity contribution in [3.05, 3.63) is 59.2 Å². The van der Waals surface area contributed by atoms with Gasteiger partial charge in [0.05, 0.1) is 12.2 Å². The molecule has 5 heteroatoms. The number of benzene rings is 2. The Morgan fingerprint density at radius 2 is 1.82 bits per heavy atom. The number of hydrogen-bond acceptors (Lipinski definition) is 2. The molecule has 0 saturated heterocycles. The van der Waals surface area contributed by atoms with Crippen molar-refractivity contribution in [2.45, 2.75) is 19.0 Å². The summed E-state index contributed by atoms with van der Waals surface area (Å²) in [5, 5.41) is 3.27. The van der Waals surface area contributed by atoms with Crippen molar-refractivity contribution in [2.24, 2.45) is 0 Å². The minimum atomic E-state index is -4.28. The summed E-state index contributed by atoms with van der Waals surface area (Å²) in [4.78, 5) is 0. The van der Waals surface area contributed by atoms with Gasteiger partial charge in [0, 0.05) is 24.7 Å². The summed E-state index contributed by atoms with van der Waals surface area (Å²) in [7, 11) is 0. The molecule has 0 radical (unpaired) electrons. The first-order valence-electron chi connectivity index (χ1n) is 7.18. The van der Waals surface area contributed by atoms with Crippen LogP contribution in [0.15, 0.2) is 42.5 Å². The number of nitrogens with one attached hydrogen (secondary N) is 1. The highest BCUT2D eigenvalue weighted by Crippen LogP contribution is 2.29. The first-order valence-corrected chi connectivity index (χ1v) is 7.18. The molecular formula is C17H16F3NO. The van der Waals surface area contributed by atoms with Gasteiger partial charge in [-0.25, -0.2) is 0 Å². The van der Waals surface area contributed by atoms with Crippen LogP contribution in [0.2, 0.25) is 0 Å². The zero-order valence-electron chi connectivity index (χ0n) is 11.9. The number of rotatable bonds is 4. The van der Waals surface area contributed by atoms with Gasteiger partial charge in [0.25, 0.3) is 0 Å². The molecule has 3 rings (SSSR count). The van der Waals surface area contributed by atoms with Crippen LogP contribution in [-0.4, -0.2) is 13.2 Å². The molecule has 0 atom stereocenters. The molecule has 116 valence electrons. The quantitative estimate of drug-likeness (QED) is 0.909. The fraction of sp³-hybridized carbons (Fsp3) is 0.294. The summed E-state index contributed by atoms with van der Waals surface area (Å²) in [6.45, 7) is 1.38. The Hall–Kier alpha value is -2.17. The SMILES string of the molecule is FC(F)(F)c1ccc(CCNc2ccc3c(c2)OCC3)cc1. The van der Waals surface area contributed by atoms with Crippen LogP contribution in [0, 0.1) is 0 Å². The van der Waals surface area contributed by atoms with E-state index in [-0.39, 0.29) is 0 Å². The minimum absolute atomic E-state index is 0.611. The highest BCUT2D eigenvalue weighted by atomic mass is 19.4. The van der Waals surface area contributed by atoms with Gasteiger partial charge >= 0.3 is 6.18 Å². The molecule has 0 saturated carbocycles. The molecule has 1 aliphatic heterocycles. The van der Waals surface area contributed by atoms with E-state index in [2.05, 4.69) is 5.32 Å². The topological polar surface area (TPSA) is 21.3 Å². The monoisotopic (exact) mass is 307 g/mol. The third-order valence-electron chi connectivity index (χ3n) is 3.72. The van der Waals surface area contributed by atoms with Crippen LogP contribution in [0.5, 0.6) is 5.75 Å². The van der Waals surface area contributed by atoms with E-state index in [0.717, 1.165) is 42.2 Å². The average Bonchev–Trinajstić information content (AvgIpc) is 2.94. The van der Waals surface area contributed by atoms with Gasteiger partial charge in [-0.2, -0.15) is 13.2 Å². The van der Waals surface area contributed by atoms with Gasteiger partial charge in [-0.15, -0.1) is 0 Å². The number of halogens is 3. The maximum atomic E-state index is 12.5. The molecule has 0 amide bonds. The minimum Gasteiger partial charge on any atom is -0.493 e. The molecule has 22 heavy (non-hydrogen) atoms. The predicted octanol–water partition coefficient (Wildman–Crippen LogP) is 4.29. The van der Waals surface area contributed by atoms with E-state index >= 15 is 0 Å². The van der Waals surface area contributed by atoms with Gasteiger partial charge in [-0.05, 0) is 35.7 Å². The van der Waals surface area contributed by atoms with Crippen LogP contribution in [-0.2, 0) is 19.0 Å². The number of ether oxygens (including phenoxy) is 1. The third-order valence-corrected chi connectivity index (χ3v) is 3.72. The van der Waals surface area contributed by atoms with Gasteiger partial charge < -0.3 is 10.1 Å². The Labute approximate surface area is 126 Å². The number of alkyl halides is 3. The molecule has 0 unspecified atom stereocenters. The Kier molecular flexibility index (Phi) is 3.96. The lowest BCUT2D eigenvalue weighted by molar-refractivity contribution is -0.137. The van der Waals surface area contributed by atoms with E-state index in [4.69, 9.17) is 4.74 Å². The van der Waals surface area contributed by atoms with Crippen molar-refractivity contribution in [3.63, 3.8) is 0 Å². The van der Waals surface area contributed by atoms with E-state index < -0.39 is 11.7 Å². The largest absolute Gasteiger partial charge is 0.493 e. The van der Waals surface area contributed by atoms with Gasteiger partial charge in [0.2, 0.25) is 0 Å². The lowest BCUT2D eigenvalue weighted by atomic mass is 10.1. The van der Waals surface area contributed by atoms with Crippen molar-refractivity contribution >= 4 is 5.69 Å². The van der Waals surface area contributed by atoms with Crippen LogP contribution in [0.1, 0.15) is 16.7 Å². The van der Waals surface area contributed by atoms with Crippen molar-refractivity contribution in [1.29, 1.82) is 0 Å². The van der Waals surface area contributed by atoms with Crippen LogP contribution < -0.4 is 10.1 Å². The molecule has 1 heterocycles. The van der Waals surface area contributed by atoms with Crippen LogP contribution >= 0.6 is 0 Å². The Bertz CT molecular complexity index is 650. The number of anilines is 1. The molecular weight excluding hydrogens is 291 g/mol. The molecule has 2 aromatic carbocycles. The Morgan fingerprint density at radius 3 is 2.55 bits per heavy atom. The molecule has 2 nitrogen and oxygen atoms in total. The van der Waals surface area contributed by atoms with E-state index in [1.54, 1.807) is 0 Å². The third kappa shape index (κ3) is 3.35. The number of hydrogen-bond donors (Lipinski definition) is 1. The van der Waals surface area contributed by atoms with Crippen molar-refractivity contribution in [1.82, 2.24) is 0 Å². The summed E-state index contributed by atoms with van der Waals surface area (Å²) < 4.78 is 42.9. The molecule has 1 N–H and O–H groups in total. The fourth-order valence-corrected chi connectivity index (χ4v) is 2.49. The van der Waals surface area contributed by atoms with E-state index in [1.807, 2.05) is 18.2 Å². The standard InChI is InChI=1S/C17H16F3NO/c18-17(19,20)14-4-1-12(2-5-14)7-9-21-15-6-3-13-8-10-22-16(13)11-15/h1-6,11,21H,7-10H2. The summed E-state index contributed by atoms with van der Waals surface area (Å²) in [5.41, 5.74) is 2.44. The van der Waals surface area contributed by atoms with E-state index in [1.165, 1.54) is 17.7 Å². The zero-order valence-corrected chi connectivity index (χ0v) is 11.9. The fourth-order valence-electron chi connectivity index (χ4n) is 2.49. The molecule has 0 aromatic heterocycles. The second kappa shape index (κ2) is 5.91. The number of fused-ring (bicyclic) bond motifs is 1. The summed E-state index contributed by atoms with van der Waals surface area (Å²) in [5.74, 6) is 0.916. The molecule has 0 spiro atoms. The van der Waals surface area contributed by atoms with Crippen LogP contribution in [0.3, 0.4) is 0 Å². The molecule has 2 aromatic rings. The smallest absolute Gasteiger partial charge is 0.416 e. The maximum Gasteiger partial charge on any atom is 0.416 e. The van der Waals surface area contributed by atoms with Crippen LogP contribution in [0.4, 0.5) is 18.9 Å². The zero-order chi connectivity index (χ0) is 15.6. The Morgan fingerprint density at radius 1 is 1.05 bits per heavy atom. The van der Waals surface area contributed by atoms with Gasteiger partial charge in [0.1, 0.15) is 5.75 Å². The van der Waals surface area contributed by atoms with Gasteiger partial charge in [-0.3, -0.25) is 0 Å². The van der Waals surface area contributed by atoms with Crippen LogP contribution in [0.25, 0.3) is 0 Å². The van der Waals surface area contributed by atoms with Crippen molar-refractivity contribution in [3.8, 4) is 5.75 Å². The molecule has 0 aliphatic carbocycles. The van der Waals surface area contributed by atoms with E-state index in [9.17, 15) is 13.2 Å². The second-order valence-electron chi connectivity index (χ2n) is 5.29. The molecule has 1 aliphatic rings. The molecule has 0 bridgehead atoms. The molecule has 0 fully saturated rings. The first-order chi connectivity index (χ1) is 10.5. The average molecular weight is 307 g/mol. The second-order valence-corrected chi connectivity index (χ2v) is 5.29. The van der Waals surface area contributed by atoms with Gasteiger partial charge in [0.15, 0.2) is 0 Å². The normalized spacial score (nSPS) is 13.6. The lowest BCUT2D eigenvalue weighted by Crippen LogP contribution is -2.07. The van der Waals surface area contributed by atoms with Crippen molar-refractivity contribution in [2.75, 3.05) is 18.5 Å². The predicted molar refractivity (Wildman–Crippen MR) is 79.3 cm³/mol. The first kappa shape index (κ1) is 14.8. The highest BCUT2D eigenvalue weighted by Gasteiger charge is 2.29. The Balaban J connectivity index is 1.55. The van der Waals surface area contributed by atoms with Crippen molar-refractivity contribution < 1.29 is 17.9 Å². The summed E-state index contributed by atoms with van der Waals surface area (Å²) >= 11 is 0. The summed E-state index contributed by atoms with van der Waals surface area (Å²) in [6.07, 6.45) is -2.67.